The number of likely N-dealkylation sites (N-methyl/N-ethyl adjacent to an activating group) is 1. The first-order valence-corrected chi connectivity index (χ1v) is 5.09. The van der Waals surface area contributed by atoms with Gasteiger partial charge >= 0.3 is 0 Å². The molecule has 1 heterocycles. The zero-order valence-electron chi connectivity index (χ0n) is 8.29. The van der Waals surface area contributed by atoms with E-state index in [9.17, 15) is 0 Å². The molecule has 0 saturated carbocycles. The van der Waals surface area contributed by atoms with E-state index >= 15 is 0 Å². The second kappa shape index (κ2) is 4.83. The van der Waals surface area contributed by atoms with Crippen LogP contribution in [0.2, 0.25) is 0 Å². The van der Waals surface area contributed by atoms with Crippen molar-refractivity contribution in [2.45, 2.75) is 38.6 Å². The van der Waals surface area contributed by atoms with Gasteiger partial charge in [0.25, 0.3) is 0 Å². The standard InChI is InChI=1S/C10H21NO/c1-3-4-9-5-6-10(8-12)11(2)7-9/h9-10,12H,3-8H2,1-2H3. The van der Waals surface area contributed by atoms with Gasteiger partial charge in [-0.2, -0.15) is 0 Å². The number of aliphatic hydroxyl groups excluding tert-OH is 1. The normalized spacial score (nSPS) is 32.2. The highest BCUT2D eigenvalue weighted by Gasteiger charge is 2.23. The summed E-state index contributed by atoms with van der Waals surface area (Å²) in [6, 6.07) is 0.429. The van der Waals surface area contributed by atoms with Crippen molar-refractivity contribution < 1.29 is 5.11 Å². The first kappa shape index (κ1) is 10.0. The maximum absolute atomic E-state index is 9.04. The van der Waals surface area contributed by atoms with Crippen molar-refractivity contribution in [3.63, 3.8) is 0 Å². The average molecular weight is 171 g/mol. The molecule has 2 unspecified atom stereocenters. The molecule has 1 saturated heterocycles. The van der Waals surface area contributed by atoms with Crippen molar-refractivity contribution in [2.75, 3.05) is 20.2 Å². The molecule has 1 fully saturated rings. The van der Waals surface area contributed by atoms with Crippen molar-refractivity contribution in [1.82, 2.24) is 4.90 Å². The Labute approximate surface area is 75.6 Å². The van der Waals surface area contributed by atoms with E-state index in [1.807, 2.05) is 0 Å². The molecule has 0 radical (unpaired) electrons. The lowest BCUT2D eigenvalue weighted by molar-refractivity contribution is 0.0826. The second-order valence-electron chi connectivity index (χ2n) is 4.01. The highest BCUT2D eigenvalue weighted by Crippen LogP contribution is 2.23. The van der Waals surface area contributed by atoms with Gasteiger partial charge in [0.05, 0.1) is 6.61 Å². The third kappa shape index (κ3) is 2.46. The topological polar surface area (TPSA) is 23.5 Å². The van der Waals surface area contributed by atoms with Crippen LogP contribution in [0.5, 0.6) is 0 Å². The molecule has 2 nitrogen and oxygen atoms in total. The van der Waals surface area contributed by atoms with Gasteiger partial charge in [0, 0.05) is 12.6 Å². The Bertz CT molecular complexity index is 127. The molecule has 0 aliphatic carbocycles. The monoisotopic (exact) mass is 171 g/mol. The summed E-state index contributed by atoms with van der Waals surface area (Å²) in [6.07, 6.45) is 5.13. The molecule has 0 aromatic heterocycles. The van der Waals surface area contributed by atoms with Crippen LogP contribution in [0.4, 0.5) is 0 Å². The minimum atomic E-state index is 0.329. The number of piperidine rings is 1. The van der Waals surface area contributed by atoms with Gasteiger partial charge in [0.1, 0.15) is 0 Å². The van der Waals surface area contributed by atoms with E-state index in [1.165, 1.54) is 32.2 Å². The van der Waals surface area contributed by atoms with Gasteiger partial charge in [-0.25, -0.2) is 0 Å². The molecule has 0 bridgehead atoms. The predicted molar refractivity (Wildman–Crippen MR) is 51.1 cm³/mol. The van der Waals surface area contributed by atoms with E-state index in [1.54, 1.807) is 0 Å². The van der Waals surface area contributed by atoms with Gasteiger partial charge in [0.15, 0.2) is 0 Å². The minimum absolute atomic E-state index is 0.329. The molecule has 12 heavy (non-hydrogen) atoms. The highest BCUT2D eigenvalue weighted by atomic mass is 16.3. The summed E-state index contributed by atoms with van der Waals surface area (Å²) in [7, 11) is 2.13. The maximum Gasteiger partial charge on any atom is 0.0586 e. The lowest BCUT2D eigenvalue weighted by Gasteiger charge is -2.36. The molecule has 1 aliphatic rings. The molecule has 0 aromatic carbocycles. The molecule has 72 valence electrons. The summed E-state index contributed by atoms with van der Waals surface area (Å²) in [5, 5.41) is 9.04. The summed E-state index contributed by atoms with van der Waals surface area (Å²) >= 11 is 0. The molecule has 0 spiro atoms. The third-order valence-corrected chi connectivity index (χ3v) is 2.99. The van der Waals surface area contributed by atoms with Crippen LogP contribution in [0, 0.1) is 5.92 Å². The summed E-state index contributed by atoms with van der Waals surface area (Å²) in [4.78, 5) is 2.31. The molecule has 1 aliphatic heterocycles. The molecule has 0 amide bonds. The number of hydrogen-bond donors (Lipinski definition) is 1. The first-order valence-electron chi connectivity index (χ1n) is 5.09. The molecule has 0 aromatic rings. The van der Waals surface area contributed by atoms with Crippen molar-refractivity contribution in [1.29, 1.82) is 0 Å². The fourth-order valence-corrected chi connectivity index (χ4v) is 2.17. The lowest BCUT2D eigenvalue weighted by Crippen LogP contribution is -2.42. The van der Waals surface area contributed by atoms with Gasteiger partial charge < -0.3 is 10.0 Å². The van der Waals surface area contributed by atoms with Crippen molar-refractivity contribution in [2.24, 2.45) is 5.92 Å². The smallest absolute Gasteiger partial charge is 0.0586 e. The maximum atomic E-state index is 9.04. The number of rotatable bonds is 3. The van der Waals surface area contributed by atoms with Gasteiger partial charge in [-0.05, 0) is 32.2 Å². The van der Waals surface area contributed by atoms with Crippen LogP contribution < -0.4 is 0 Å². The van der Waals surface area contributed by atoms with Crippen molar-refractivity contribution >= 4 is 0 Å². The highest BCUT2D eigenvalue weighted by molar-refractivity contribution is 4.78. The third-order valence-electron chi connectivity index (χ3n) is 2.99. The minimum Gasteiger partial charge on any atom is -0.395 e. The fourth-order valence-electron chi connectivity index (χ4n) is 2.17. The van der Waals surface area contributed by atoms with Crippen LogP contribution in [0.25, 0.3) is 0 Å². The van der Waals surface area contributed by atoms with Gasteiger partial charge in [-0.1, -0.05) is 13.3 Å². The van der Waals surface area contributed by atoms with Crippen LogP contribution in [-0.2, 0) is 0 Å². The second-order valence-corrected chi connectivity index (χ2v) is 4.01. The Morgan fingerprint density at radius 2 is 2.17 bits per heavy atom. The summed E-state index contributed by atoms with van der Waals surface area (Å²) in [6.45, 7) is 3.76. The Kier molecular flexibility index (Phi) is 4.02. The van der Waals surface area contributed by atoms with E-state index in [0.29, 0.717) is 12.6 Å². The van der Waals surface area contributed by atoms with E-state index in [4.69, 9.17) is 5.11 Å². The van der Waals surface area contributed by atoms with Crippen molar-refractivity contribution in [3.05, 3.63) is 0 Å². The van der Waals surface area contributed by atoms with Crippen LogP contribution in [0.3, 0.4) is 0 Å². The quantitative estimate of drug-likeness (QED) is 0.695. The Hall–Kier alpha value is -0.0800. The first-order chi connectivity index (χ1) is 5.77. The number of hydrogen-bond acceptors (Lipinski definition) is 2. The van der Waals surface area contributed by atoms with Gasteiger partial charge in [-0.3, -0.25) is 0 Å². The van der Waals surface area contributed by atoms with Gasteiger partial charge in [-0.15, -0.1) is 0 Å². The summed E-state index contributed by atoms with van der Waals surface area (Å²) in [5.41, 5.74) is 0. The molecule has 2 heteroatoms. The van der Waals surface area contributed by atoms with Crippen molar-refractivity contribution in [3.8, 4) is 0 Å². The van der Waals surface area contributed by atoms with Crippen LogP contribution in [-0.4, -0.2) is 36.2 Å². The van der Waals surface area contributed by atoms with Crippen LogP contribution in [0.1, 0.15) is 32.6 Å². The Balaban J connectivity index is 2.30. The molecule has 2 atom stereocenters. The Morgan fingerprint density at radius 1 is 1.42 bits per heavy atom. The Morgan fingerprint density at radius 3 is 2.67 bits per heavy atom. The fraction of sp³-hybridized carbons (Fsp3) is 1.00. The molecule has 1 rings (SSSR count). The van der Waals surface area contributed by atoms with E-state index in [-0.39, 0.29) is 0 Å². The van der Waals surface area contributed by atoms with Gasteiger partial charge in [0.2, 0.25) is 0 Å². The van der Waals surface area contributed by atoms with E-state index < -0.39 is 0 Å². The number of aliphatic hydroxyl groups is 1. The number of likely N-dealkylation sites (tertiary alicyclic amines) is 1. The number of nitrogens with zero attached hydrogens (tertiary/aromatic N) is 1. The molecular formula is C10H21NO. The zero-order valence-corrected chi connectivity index (χ0v) is 8.29. The molecule has 1 N–H and O–H groups in total. The average Bonchev–Trinajstić information content (AvgIpc) is 2.05. The zero-order chi connectivity index (χ0) is 8.97. The summed E-state index contributed by atoms with van der Waals surface area (Å²) < 4.78 is 0. The van der Waals surface area contributed by atoms with Crippen LogP contribution in [0.15, 0.2) is 0 Å². The predicted octanol–water partition coefficient (Wildman–Crippen LogP) is 1.49. The van der Waals surface area contributed by atoms with Crippen LogP contribution >= 0.6 is 0 Å². The van der Waals surface area contributed by atoms with E-state index in [0.717, 1.165) is 5.92 Å². The largest absolute Gasteiger partial charge is 0.395 e. The lowest BCUT2D eigenvalue weighted by atomic mass is 9.90. The van der Waals surface area contributed by atoms with E-state index in [2.05, 4.69) is 18.9 Å². The summed E-state index contributed by atoms with van der Waals surface area (Å²) in [5.74, 6) is 0.878. The SMILES string of the molecule is CCCC1CCC(CO)N(C)C1. The molecular weight excluding hydrogens is 150 g/mol.